The van der Waals surface area contributed by atoms with Crippen LogP contribution in [0.25, 0.3) is 0 Å². The molecule has 0 fully saturated rings. The van der Waals surface area contributed by atoms with E-state index in [1.165, 1.54) is 6.20 Å². The highest BCUT2D eigenvalue weighted by molar-refractivity contribution is 5.99. The number of aromatic nitrogens is 2. The Morgan fingerprint density at radius 1 is 1.50 bits per heavy atom. The summed E-state index contributed by atoms with van der Waals surface area (Å²) in [7, 11) is 0. The van der Waals surface area contributed by atoms with Crippen LogP contribution in [0.4, 0.5) is 5.82 Å². The lowest BCUT2D eigenvalue weighted by Crippen LogP contribution is -2.35. The molecule has 1 aromatic heterocycles. The Balaban J connectivity index is 2.53. The van der Waals surface area contributed by atoms with E-state index < -0.39 is 0 Å². The van der Waals surface area contributed by atoms with Gasteiger partial charge in [-0.05, 0) is 6.92 Å². The van der Waals surface area contributed by atoms with Crippen LogP contribution in [0.15, 0.2) is 6.20 Å². The molecule has 1 aromatic rings. The van der Waals surface area contributed by atoms with Crippen LogP contribution in [0.2, 0.25) is 0 Å². The summed E-state index contributed by atoms with van der Waals surface area (Å²) in [5.74, 6) is 1.16. The van der Waals surface area contributed by atoms with E-state index in [0.29, 0.717) is 23.9 Å². The molecule has 1 amide bonds. The second-order valence-corrected chi connectivity index (χ2v) is 2.54. The molecule has 0 unspecified atom stereocenters. The zero-order valence-corrected chi connectivity index (χ0v) is 6.59. The lowest BCUT2D eigenvalue weighted by Gasteiger charge is -2.16. The van der Waals surface area contributed by atoms with Crippen LogP contribution in [-0.4, -0.2) is 22.5 Å². The quantitative estimate of drug-likeness (QED) is 0.561. The maximum absolute atomic E-state index is 11.2. The van der Waals surface area contributed by atoms with E-state index in [9.17, 15) is 4.79 Å². The number of amides is 1. The van der Waals surface area contributed by atoms with Crippen LogP contribution < -0.4 is 10.6 Å². The van der Waals surface area contributed by atoms with E-state index in [0.717, 1.165) is 0 Å². The third kappa shape index (κ3) is 0.990. The predicted octanol–water partition coefficient (Wildman–Crippen LogP) is -0.102. The van der Waals surface area contributed by atoms with Crippen molar-refractivity contribution in [2.75, 3.05) is 12.0 Å². The minimum atomic E-state index is -0.122. The van der Waals surface area contributed by atoms with Gasteiger partial charge in [0.1, 0.15) is 17.2 Å². The molecule has 12 heavy (non-hydrogen) atoms. The minimum absolute atomic E-state index is 0.122. The number of aryl methyl sites for hydroxylation is 1. The highest BCUT2D eigenvalue weighted by atomic mass is 16.1. The molecule has 0 aromatic carbocycles. The van der Waals surface area contributed by atoms with Crippen molar-refractivity contribution in [1.82, 2.24) is 15.3 Å². The van der Waals surface area contributed by atoms with Gasteiger partial charge in [0, 0.05) is 6.20 Å². The van der Waals surface area contributed by atoms with E-state index >= 15 is 0 Å². The van der Waals surface area contributed by atoms with Gasteiger partial charge < -0.3 is 10.6 Å². The molecule has 2 heterocycles. The Labute approximate surface area is 69.2 Å². The van der Waals surface area contributed by atoms with Gasteiger partial charge in [0.25, 0.3) is 5.91 Å². The maximum Gasteiger partial charge on any atom is 0.257 e. The Kier molecular flexibility index (Phi) is 1.43. The average molecular weight is 164 g/mol. The predicted molar refractivity (Wildman–Crippen MR) is 42.7 cm³/mol. The summed E-state index contributed by atoms with van der Waals surface area (Å²) >= 11 is 0. The highest BCUT2D eigenvalue weighted by Crippen LogP contribution is 2.13. The number of carbonyl (C=O) groups excluding carboxylic acids is 1. The van der Waals surface area contributed by atoms with Crippen LogP contribution in [-0.2, 0) is 0 Å². The SMILES string of the molecule is Cc1ncc2c(n1)NCNC2=O. The first kappa shape index (κ1) is 7.02. The number of rotatable bonds is 0. The van der Waals surface area contributed by atoms with Crippen molar-refractivity contribution >= 4 is 11.7 Å². The third-order valence-electron chi connectivity index (χ3n) is 1.66. The van der Waals surface area contributed by atoms with Gasteiger partial charge in [0.05, 0.1) is 6.67 Å². The molecule has 2 rings (SSSR count). The fraction of sp³-hybridized carbons (Fsp3) is 0.286. The zero-order valence-electron chi connectivity index (χ0n) is 6.59. The first-order valence-electron chi connectivity index (χ1n) is 3.63. The molecule has 0 bridgehead atoms. The summed E-state index contributed by atoms with van der Waals surface area (Å²) in [5, 5.41) is 5.58. The Morgan fingerprint density at radius 2 is 2.33 bits per heavy atom. The fourth-order valence-corrected chi connectivity index (χ4v) is 1.07. The van der Waals surface area contributed by atoms with Crippen molar-refractivity contribution in [1.29, 1.82) is 0 Å². The monoisotopic (exact) mass is 164 g/mol. The van der Waals surface area contributed by atoms with E-state index in [4.69, 9.17) is 0 Å². The lowest BCUT2D eigenvalue weighted by molar-refractivity contribution is 0.0952. The van der Waals surface area contributed by atoms with Crippen LogP contribution in [0, 0.1) is 6.92 Å². The van der Waals surface area contributed by atoms with E-state index in [1.807, 2.05) is 0 Å². The van der Waals surface area contributed by atoms with Crippen LogP contribution >= 0.6 is 0 Å². The van der Waals surface area contributed by atoms with Crippen LogP contribution in [0.5, 0.6) is 0 Å². The maximum atomic E-state index is 11.2. The molecule has 1 aliphatic rings. The molecule has 5 nitrogen and oxygen atoms in total. The van der Waals surface area contributed by atoms with E-state index in [-0.39, 0.29) is 5.91 Å². The van der Waals surface area contributed by atoms with Gasteiger partial charge >= 0.3 is 0 Å². The molecule has 0 saturated carbocycles. The number of anilines is 1. The molecule has 1 aliphatic heterocycles. The first-order valence-corrected chi connectivity index (χ1v) is 3.63. The molecule has 0 spiro atoms. The van der Waals surface area contributed by atoms with Gasteiger partial charge in [-0.25, -0.2) is 9.97 Å². The van der Waals surface area contributed by atoms with Crippen molar-refractivity contribution in [3.63, 3.8) is 0 Å². The van der Waals surface area contributed by atoms with E-state index in [1.54, 1.807) is 6.92 Å². The van der Waals surface area contributed by atoms with Gasteiger partial charge in [-0.1, -0.05) is 0 Å². The van der Waals surface area contributed by atoms with Gasteiger partial charge in [-0.15, -0.1) is 0 Å². The topological polar surface area (TPSA) is 66.9 Å². The molecule has 0 atom stereocenters. The Morgan fingerprint density at radius 3 is 3.17 bits per heavy atom. The smallest absolute Gasteiger partial charge is 0.257 e. The summed E-state index contributed by atoms with van der Waals surface area (Å²) in [5.41, 5.74) is 0.506. The summed E-state index contributed by atoms with van der Waals surface area (Å²) in [4.78, 5) is 19.2. The highest BCUT2D eigenvalue weighted by Gasteiger charge is 2.17. The number of carbonyl (C=O) groups is 1. The summed E-state index contributed by atoms with van der Waals surface area (Å²) in [6.07, 6.45) is 1.53. The average Bonchev–Trinajstić information content (AvgIpc) is 2.04. The second kappa shape index (κ2) is 2.44. The number of hydrogen-bond donors (Lipinski definition) is 2. The fourth-order valence-electron chi connectivity index (χ4n) is 1.07. The van der Waals surface area contributed by atoms with Gasteiger partial charge in [-0.2, -0.15) is 0 Å². The van der Waals surface area contributed by atoms with Crippen molar-refractivity contribution in [3.8, 4) is 0 Å². The molecular weight excluding hydrogens is 156 g/mol. The van der Waals surface area contributed by atoms with E-state index in [2.05, 4.69) is 20.6 Å². The number of hydrogen-bond acceptors (Lipinski definition) is 4. The molecule has 5 heteroatoms. The van der Waals surface area contributed by atoms with Gasteiger partial charge in [0.2, 0.25) is 0 Å². The molecular formula is C7H8N4O. The Bertz CT molecular complexity index is 336. The molecule has 0 radical (unpaired) electrons. The van der Waals surface area contributed by atoms with Crippen molar-refractivity contribution in [2.45, 2.75) is 6.92 Å². The largest absolute Gasteiger partial charge is 0.352 e. The molecule has 62 valence electrons. The summed E-state index contributed by atoms with van der Waals surface area (Å²) < 4.78 is 0. The number of nitrogens with zero attached hydrogens (tertiary/aromatic N) is 2. The standard InChI is InChI=1S/C7H8N4O/c1-4-8-2-5-6(11-4)9-3-10-7(5)12/h2H,3H2,1H3,(H,10,12)(H,8,9,11). The number of nitrogens with one attached hydrogen (secondary N) is 2. The van der Waals surface area contributed by atoms with Crippen molar-refractivity contribution < 1.29 is 4.79 Å². The third-order valence-corrected chi connectivity index (χ3v) is 1.66. The van der Waals surface area contributed by atoms with Gasteiger partial charge in [0.15, 0.2) is 0 Å². The molecule has 2 N–H and O–H groups in total. The second-order valence-electron chi connectivity index (χ2n) is 2.54. The summed E-state index contributed by atoms with van der Waals surface area (Å²) in [6.45, 7) is 2.22. The number of fused-ring (bicyclic) bond motifs is 1. The minimum Gasteiger partial charge on any atom is -0.352 e. The van der Waals surface area contributed by atoms with Crippen LogP contribution in [0.3, 0.4) is 0 Å². The molecule has 0 aliphatic carbocycles. The van der Waals surface area contributed by atoms with Gasteiger partial charge in [-0.3, -0.25) is 4.79 Å². The van der Waals surface area contributed by atoms with Crippen molar-refractivity contribution in [2.24, 2.45) is 0 Å². The lowest BCUT2D eigenvalue weighted by atomic mass is 10.2. The normalized spacial score (nSPS) is 14.6. The van der Waals surface area contributed by atoms with Crippen molar-refractivity contribution in [3.05, 3.63) is 17.6 Å². The van der Waals surface area contributed by atoms with Crippen LogP contribution in [0.1, 0.15) is 16.2 Å². The zero-order chi connectivity index (χ0) is 8.55. The molecule has 0 saturated heterocycles. The summed E-state index contributed by atoms with van der Waals surface area (Å²) in [6, 6.07) is 0. The Hall–Kier alpha value is -1.65. The first-order chi connectivity index (χ1) is 5.77.